The van der Waals surface area contributed by atoms with Gasteiger partial charge in [-0.25, -0.2) is 4.98 Å². The fourth-order valence-corrected chi connectivity index (χ4v) is 1.93. The largest absolute Gasteiger partial charge is 0.453 e. The Morgan fingerprint density at radius 2 is 2.06 bits per heavy atom. The van der Waals surface area contributed by atoms with Gasteiger partial charge in [0.15, 0.2) is 22.6 Å². The zero-order valence-corrected chi connectivity index (χ0v) is 8.95. The second-order valence-electron chi connectivity index (χ2n) is 3.85. The molecule has 1 aromatic heterocycles. The molecular weight excluding hydrogens is 234 g/mol. The number of para-hydroxylation sites is 2. The van der Waals surface area contributed by atoms with Crippen LogP contribution in [-0.2, 0) is 0 Å². The van der Waals surface area contributed by atoms with Crippen LogP contribution in [0.4, 0.5) is 0 Å². The number of aromatic nitrogens is 3. The summed E-state index contributed by atoms with van der Waals surface area (Å²) in [5.74, 6) is 0.366. The third kappa shape index (κ3) is 1.11. The maximum absolute atomic E-state index is 11.7. The van der Waals surface area contributed by atoms with Gasteiger partial charge in [-0.15, -0.1) is 5.10 Å². The van der Waals surface area contributed by atoms with Gasteiger partial charge in [-0.1, -0.05) is 12.1 Å². The molecule has 6 nitrogen and oxygen atoms in total. The molecule has 4 rings (SSSR count). The van der Waals surface area contributed by atoms with Crippen LogP contribution in [0.3, 0.4) is 0 Å². The molecule has 18 heavy (non-hydrogen) atoms. The van der Waals surface area contributed by atoms with Crippen LogP contribution in [-0.4, -0.2) is 15.4 Å². The molecule has 0 amide bonds. The molecule has 0 unspecified atom stereocenters. The van der Waals surface area contributed by atoms with E-state index in [1.165, 1.54) is 6.07 Å². The zero-order chi connectivity index (χ0) is 12.1. The van der Waals surface area contributed by atoms with Gasteiger partial charge in [0.2, 0.25) is 11.0 Å². The number of benzene rings is 2. The Kier molecular flexibility index (Phi) is 1.62. The fourth-order valence-electron chi connectivity index (χ4n) is 1.93. The highest BCUT2D eigenvalue weighted by Crippen LogP contribution is 2.28. The Balaban J connectivity index is 2.31. The molecule has 1 aromatic carbocycles. The van der Waals surface area contributed by atoms with E-state index >= 15 is 0 Å². The zero-order valence-electron chi connectivity index (χ0n) is 8.95. The number of fused-ring (bicyclic) bond motifs is 4. The minimum Gasteiger partial charge on any atom is -0.453 e. The normalized spacial score (nSPS) is 11.6. The van der Waals surface area contributed by atoms with Crippen molar-refractivity contribution >= 4 is 22.2 Å². The number of nitrogens with zero attached hydrogens (tertiary/aromatic N) is 3. The Morgan fingerprint density at radius 3 is 3.00 bits per heavy atom. The molecule has 1 aliphatic heterocycles. The second-order valence-corrected chi connectivity index (χ2v) is 3.85. The lowest BCUT2D eigenvalue weighted by Crippen LogP contribution is -2.03. The molecule has 2 heterocycles. The summed E-state index contributed by atoms with van der Waals surface area (Å²) in [6.07, 6.45) is 0. The molecule has 86 valence electrons. The summed E-state index contributed by atoms with van der Waals surface area (Å²) in [6.45, 7) is 0. The van der Waals surface area contributed by atoms with Gasteiger partial charge in [0.25, 0.3) is 0 Å². The summed E-state index contributed by atoms with van der Waals surface area (Å²) >= 11 is 0. The minimum atomic E-state index is -0.292. The monoisotopic (exact) mass is 239 g/mol. The first-order chi connectivity index (χ1) is 8.83. The maximum atomic E-state index is 11.7. The number of hydrogen-bond donors (Lipinski definition) is 0. The lowest BCUT2D eigenvalue weighted by molar-refractivity contribution is 0.423. The van der Waals surface area contributed by atoms with Crippen molar-refractivity contribution in [3.63, 3.8) is 0 Å². The third-order valence-electron chi connectivity index (χ3n) is 2.75. The van der Waals surface area contributed by atoms with Gasteiger partial charge in [0.05, 0.1) is 0 Å². The van der Waals surface area contributed by atoms with Gasteiger partial charge in [0, 0.05) is 11.3 Å². The van der Waals surface area contributed by atoms with Crippen LogP contribution in [0.1, 0.15) is 0 Å². The van der Waals surface area contributed by atoms with Crippen LogP contribution in [0.5, 0.6) is 0 Å². The lowest BCUT2D eigenvalue weighted by atomic mass is 10.2. The molecule has 0 spiro atoms. The molecule has 1 aliphatic carbocycles. The molecule has 0 saturated heterocycles. The van der Waals surface area contributed by atoms with E-state index in [0.29, 0.717) is 22.6 Å². The Hall–Kier alpha value is -2.76. The van der Waals surface area contributed by atoms with Crippen molar-refractivity contribution in [2.24, 2.45) is 0 Å². The Bertz CT molecular complexity index is 909. The predicted octanol–water partition coefficient (Wildman–Crippen LogP) is 1.83. The van der Waals surface area contributed by atoms with E-state index in [-0.39, 0.29) is 16.5 Å². The van der Waals surface area contributed by atoms with Crippen LogP contribution < -0.4 is 5.43 Å². The number of rotatable bonds is 0. The van der Waals surface area contributed by atoms with Crippen LogP contribution in [0.25, 0.3) is 33.7 Å². The highest BCUT2D eigenvalue weighted by Gasteiger charge is 2.19. The van der Waals surface area contributed by atoms with E-state index in [1.807, 2.05) is 18.2 Å². The van der Waals surface area contributed by atoms with E-state index < -0.39 is 0 Å². The quantitative estimate of drug-likeness (QED) is 0.435. The summed E-state index contributed by atoms with van der Waals surface area (Å²) in [6, 6.07) is 8.65. The first-order valence-corrected chi connectivity index (χ1v) is 5.27. The highest BCUT2D eigenvalue weighted by molar-refractivity contribution is 5.89. The summed E-state index contributed by atoms with van der Waals surface area (Å²) in [5.41, 5.74) is 1.87. The Morgan fingerprint density at radius 1 is 1.17 bits per heavy atom. The molecule has 6 heteroatoms. The van der Waals surface area contributed by atoms with Gasteiger partial charge in [-0.2, -0.15) is 0 Å². The van der Waals surface area contributed by atoms with E-state index in [2.05, 4.69) is 15.4 Å². The summed E-state index contributed by atoms with van der Waals surface area (Å²) in [7, 11) is 0. The Labute approximate surface area is 99.2 Å². The molecular formula is C12H5N3O3. The molecule has 2 aliphatic rings. The predicted molar refractivity (Wildman–Crippen MR) is 62.3 cm³/mol. The van der Waals surface area contributed by atoms with Crippen molar-refractivity contribution in [3.8, 4) is 11.5 Å². The minimum absolute atomic E-state index is 0.167. The van der Waals surface area contributed by atoms with Crippen LogP contribution >= 0.6 is 0 Å². The smallest absolute Gasteiger partial charge is 0.220 e. The van der Waals surface area contributed by atoms with Gasteiger partial charge in [-0.05, 0) is 12.1 Å². The molecule has 0 fully saturated rings. The summed E-state index contributed by atoms with van der Waals surface area (Å²) in [4.78, 5) is 16.2. The van der Waals surface area contributed by atoms with Gasteiger partial charge in [0.1, 0.15) is 5.52 Å². The molecule has 0 bridgehead atoms. The van der Waals surface area contributed by atoms with Crippen molar-refractivity contribution in [1.82, 2.24) is 15.4 Å². The van der Waals surface area contributed by atoms with E-state index in [0.717, 1.165) is 0 Å². The molecule has 0 N–H and O–H groups in total. The topological polar surface area (TPSA) is 82.0 Å². The second kappa shape index (κ2) is 3.13. The molecule has 0 atom stereocenters. The van der Waals surface area contributed by atoms with E-state index in [4.69, 9.17) is 8.94 Å². The van der Waals surface area contributed by atoms with Gasteiger partial charge < -0.3 is 8.94 Å². The van der Waals surface area contributed by atoms with Crippen LogP contribution in [0.2, 0.25) is 0 Å². The SMILES string of the molecule is O=c1cc2oc3ccccc3nc-2c2onnc12. The van der Waals surface area contributed by atoms with Gasteiger partial charge in [-0.3, -0.25) is 4.79 Å². The van der Waals surface area contributed by atoms with E-state index in [1.54, 1.807) is 6.07 Å². The van der Waals surface area contributed by atoms with Crippen molar-refractivity contribution in [2.45, 2.75) is 0 Å². The van der Waals surface area contributed by atoms with Crippen molar-refractivity contribution in [2.75, 3.05) is 0 Å². The highest BCUT2D eigenvalue weighted by atomic mass is 16.5. The standard InChI is InChI=1S/C12H5N3O3/c16-7-5-9-11(12-10(7)14-15-18-12)13-6-3-1-2-4-8(6)17-9/h1-5H. The molecule has 2 aromatic rings. The lowest BCUT2D eigenvalue weighted by Gasteiger charge is -2.04. The summed E-state index contributed by atoms with van der Waals surface area (Å²) < 4.78 is 10.6. The van der Waals surface area contributed by atoms with Crippen molar-refractivity contribution < 1.29 is 8.94 Å². The average molecular weight is 239 g/mol. The first kappa shape index (κ1) is 9.29. The van der Waals surface area contributed by atoms with Crippen LogP contribution in [0, 0.1) is 0 Å². The first-order valence-electron chi connectivity index (χ1n) is 5.27. The fraction of sp³-hybridized carbons (Fsp3) is 0. The molecule has 0 saturated carbocycles. The average Bonchev–Trinajstić information content (AvgIpc) is 2.87. The number of hydrogen-bond acceptors (Lipinski definition) is 6. The maximum Gasteiger partial charge on any atom is 0.220 e. The van der Waals surface area contributed by atoms with Crippen LogP contribution in [0.15, 0.2) is 44.1 Å². The van der Waals surface area contributed by atoms with Crippen molar-refractivity contribution in [3.05, 3.63) is 40.6 Å². The summed E-state index contributed by atoms with van der Waals surface area (Å²) in [5, 5.41) is 7.02. The third-order valence-corrected chi connectivity index (χ3v) is 2.75. The van der Waals surface area contributed by atoms with E-state index in [9.17, 15) is 4.79 Å². The molecule has 0 radical (unpaired) electrons. The van der Waals surface area contributed by atoms with Crippen molar-refractivity contribution in [1.29, 1.82) is 0 Å². The van der Waals surface area contributed by atoms with Gasteiger partial charge >= 0.3 is 0 Å².